The van der Waals surface area contributed by atoms with Crippen molar-refractivity contribution in [2.24, 2.45) is 5.92 Å². The van der Waals surface area contributed by atoms with Crippen LogP contribution in [0.3, 0.4) is 0 Å². The summed E-state index contributed by atoms with van der Waals surface area (Å²) >= 11 is 0. The third-order valence-corrected chi connectivity index (χ3v) is 2.67. The molecule has 0 amide bonds. The molecule has 3 nitrogen and oxygen atoms in total. The molecule has 72 valence electrons. The Bertz CT molecular complexity index is 350. The fraction of sp³-hybridized carbons (Fsp3) is 0.455. The maximum absolute atomic E-state index is 8.59. The molecule has 2 rings (SSSR count). The van der Waals surface area contributed by atoms with Crippen molar-refractivity contribution < 1.29 is 0 Å². The molecule has 2 atom stereocenters. The van der Waals surface area contributed by atoms with Gasteiger partial charge in [0.05, 0.1) is 5.56 Å². The Morgan fingerprint density at radius 3 is 3.00 bits per heavy atom. The lowest BCUT2D eigenvalue weighted by Crippen LogP contribution is -2.05. The predicted octanol–water partition coefficient (Wildman–Crippen LogP) is 2.16. The molecule has 1 N–H and O–H groups in total. The molecule has 0 aliphatic heterocycles. The van der Waals surface area contributed by atoms with E-state index in [-0.39, 0.29) is 0 Å². The van der Waals surface area contributed by atoms with Crippen molar-refractivity contribution in [3.63, 3.8) is 0 Å². The fourth-order valence-corrected chi connectivity index (χ4v) is 1.61. The lowest BCUT2D eigenvalue weighted by molar-refractivity contribution is 0.773. The Labute approximate surface area is 83.8 Å². The highest BCUT2D eigenvalue weighted by Crippen LogP contribution is 2.35. The maximum Gasteiger partial charge on any atom is 0.126 e. The molecule has 1 aliphatic rings. The maximum atomic E-state index is 8.59. The van der Waals surface area contributed by atoms with Crippen molar-refractivity contribution in [3.8, 4) is 6.07 Å². The van der Waals surface area contributed by atoms with Crippen molar-refractivity contribution in [1.29, 1.82) is 5.26 Å². The van der Waals surface area contributed by atoms with Crippen LogP contribution in [0.25, 0.3) is 0 Å². The van der Waals surface area contributed by atoms with Crippen molar-refractivity contribution in [1.82, 2.24) is 4.98 Å². The first kappa shape index (κ1) is 9.01. The van der Waals surface area contributed by atoms with E-state index in [9.17, 15) is 0 Å². The SMILES string of the molecule is CC[C@@H]1C[C@H]1Nc1ccc(C#N)cn1. The first-order chi connectivity index (χ1) is 6.83. The van der Waals surface area contributed by atoms with Crippen LogP contribution in [0.4, 0.5) is 5.82 Å². The first-order valence-electron chi connectivity index (χ1n) is 4.96. The van der Waals surface area contributed by atoms with Gasteiger partial charge in [-0.2, -0.15) is 5.26 Å². The number of anilines is 1. The number of rotatable bonds is 3. The van der Waals surface area contributed by atoms with E-state index in [1.165, 1.54) is 12.8 Å². The summed E-state index contributed by atoms with van der Waals surface area (Å²) in [6.45, 7) is 2.21. The molecule has 1 aliphatic carbocycles. The van der Waals surface area contributed by atoms with E-state index in [4.69, 9.17) is 5.26 Å². The molecule has 0 unspecified atom stereocenters. The number of nitriles is 1. The number of nitrogens with zero attached hydrogens (tertiary/aromatic N) is 2. The highest BCUT2D eigenvalue weighted by molar-refractivity contribution is 5.41. The van der Waals surface area contributed by atoms with Gasteiger partial charge in [-0.25, -0.2) is 4.98 Å². The lowest BCUT2D eigenvalue weighted by atomic mass is 10.3. The molecule has 0 radical (unpaired) electrons. The Hall–Kier alpha value is -1.56. The summed E-state index contributed by atoms with van der Waals surface area (Å²) in [6, 6.07) is 6.31. The van der Waals surface area contributed by atoms with Gasteiger partial charge in [0.25, 0.3) is 0 Å². The van der Waals surface area contributed by atoms with E-state index in [0.717, 1.165) is 11.7 Å². The van der Waals surface area contributed by atoms with Gasteiger partial charge in [-0.15, -0.1) is 0 Å². The molecule has 1 saturated carbocycles. The summed E-state index contributed by atoms with van der Waals surface area (Å²) in [4.78, 5) is 4.16. The topological polar surface area (TPSA) is 48.7 Å². The average Bonchev–Trinajstić information content (AvgIpc) is 2.98. The predicted molar refractivity (Wildman–Crippen MR) is 54.8 cm³/mol. The molecule has 0 aromatic carbocycles. The molecule has 14 heavy (non-hydrogen) atoms. The van der Waals surface area contributed by atoms with E-state index >= 15 is 0 Å². The average molecular weight is 187 g/mol. The van der Waals surface area contributed by atoms with Gasteiger partial charge in [0.2, 0.25) is 0 Å². The summed E-state index contributed by atoms with van der Waals surface area (Å²) < 4.78 is 0. The number of aromatic nitrogens is 1. The number of nitrogens with one attached hydrogen (secondary N) is 1. The van der Waals surface area contributed by atoms with Crippen molar-refractivity contribution in [2.45, 2.75) is 25.8 Å². The zero-order valence-electron chi connectivity index (χ0n) is 8.20. The Kier molecular flexibility index (Phi) is 2.36. The van der Waals surface area contributed by atoms with Gasteiger partial charge in [0, 0.05) is 12.2 Å². The second kappa shape index (κ2) is 3.67. The van der Waals surface area contributed by atoms with Gasteiger partial charge in [-0.3, -0.25) is 0 Å². The van der Waals surface area contributed by atoms with Crippen molar-refractivity contribution in [3.05, 3.63) is 23.9 Å². The third kappa shape index (κ3) is 1.85. The van der Waals surface area contributed by atoms with Gasteiger partial charge in [0.15, 0.2) is 0 Å². The van der Waals surface area contributed by atoms with Gasteiger partial charge >= 0.3 is 0 Å². The highest BCUT2D eigenvalue weighted by atomic mass is 15.0. The van der Waals surface area contributed by atoms with Crippen molar-refractivity contribution in [2.75, 3.05) is 5.32 Å². The summed E-state index contributed by atoms with van der Waals surface area (Å²) in [5.41, 5.74) is 0.610. The molecule has 3 heteroatoms. The second-order valence-corrected chi connectivity index (χ2v) is 3.70. The van der Waals surface area contributed by atoms with Gasteiger partial charge in [0.1, 0.15) is 11.9 Å². The van der Waals surface area contributed by atoms with Gasteiger partial charge < -0.3 is 5.32 Å². The van der Waals surface area contributed by atoms with E-state index in [0.29, 0.717) is 11.6 Å². The van der Waals surface area contributed by atoms with Crippen LogP contribution in [0.15, 0.2) is 18.3 Å². The molecule has 1 heterocycles. The number of pyridine rings is 1. The molecule has 0 bridgehead atoms. The summed E-state index contributed by atoms with van der Waals surface area (Å²) in [5.74, 6) is 1.69. The van der Waals surface area contributed by atoms with E-state index < -0.39 is 0 Å². The molecule has 0 spiro atoms. The second-order valence-electron chi connectivity index (χ2n) is 3.70. The number of hydrogen-bond donors (Lipinski definition) is 1. The quantitative estimate of drug-likeness (QED) is 0.788. The van der Waals surface area contributed by atoms with E-state index in [2.05, 4.69) is 23.3 Å². The van der Waals surface area contributed by atoms with Crippen LogP contribution >= 0.6 is 0 Å². The van der Waals surface area contributed by atoms with Crippen LogP contribution in [0.2, 0.25) is 0 Å². The van der Waals surface area contributed by atoms with E-state index in [1.54, 1.807) is 12.3 Å². The van der Waals surface area contributed by atoms with Gasteiger partial charge in [-0.05, 0) is 24.5 Å². The van der Waals surface area contributed by atoms with Crippen LogP contribution < -0.4 is 5.32 Å². The third-order valence-electron chi connectivity index (χ3n) is 2.67. The van der Waals surface area contributed by atoms with Crippen LogP contribution in [0.1, 0.15) is 25.3 Å². The minimum Gasteiger partial charge on any atom is -0.367 e. The van der Waals surface area contributed by atoms with Crippen LogP contribution in [-0.2, 0) is 0 Å². The Balaban J connectivity index is 1.95. The first-order valence-corrected chi connectivity index (χ1v) is 4.96. The molecule has 1 aromatic rings. The molecule has 1 fully saturated rings. The molecule has 1 aromatic heterocycles. The minimum atomic E-state index is 0.598. The zero-order valence-corrected chi connectivity index (χ0v) is 8.20. The smallest absolute Gasteiger partial charge is 0.126 e. The zero-order chi connectivity index (χ0) is 9.97. The Morgan fingerprint density at radius 1 is 1.64 bits per heavy atom. The number of hydrogen-bond acceptors (Lipinski definition) is 3. The van der Waals surface area contributed by atoms with Crippen LogP contribution in [0.5, 0.6) is 0 Å². The summed E-state index contributed by atoms with van der Waals surface area (Å²) in [6.07, 6.45) is 4.08. The van der Waals surface area contributed by atoms with Crippen LogP contribution in [-0.4, -0.2) is 11.0 Å². The largest absolute Gasteiger partial charge is 0.367 e. The molecular weight excluding hydrogens is 174 g/mol. The molecular formula is C11H13N3. The van der Waals surface area contributed by atoms with Crippen LogP contribution in [0, 0.1) is 17.2 Å². The summed E-state index contributed by atoms with van der Waals surface area (Å²) in [5, 5.41) is 11.9. The summed E-state index contributed by atoms with van der Waals surface area (Å²) in [7, 11) is 0. The fourth-order valence-electron chi connectivity index (χ4n) is 1.61. The lowest BCUT2D eigenvalue weighted by Gasteiger charge is -2.03. The van der Waals surface area contributed by atoms with E-state index in [1.807, 2.05) is 6.07 Å². The van der Waals surface area contributed by atoms with Gasteiger partial charge in [-0.1, -0.05) is 13.3 Å². The Morgan fingerprint density at radius 2 is 2.50 bits per heavy atom. The monoisotopic (exact) mass is 187 g/mol. The highest BCUT2D eigenvalue weighted by Gasteiger charge is 2.35. The van der Waals surface area contributed by atoms with Crippen molar-refractivity contribution >= 4 is 5.82 Å². The normalized spacial score (nSPS) is 24.0. The minimum absolute atomic E-state index is 0.598. The molecule has 0 saturated heterocycles. The standard InChI is InChI=1S/C11H13N3/c1-2-9-5-10(9)14-11-4-3-8(6-12)7-13-11/h3-4,7,9-10H,2,5H2,1H3,(H,13,14)/t9-,10-/m1/s1.